The highest BCUT2D eigenvalue weighted by Crippen LogP contribution is 2.21. The van der Waals surface area contributed by atoms with Crippen molar-refractivity contribution in [1.82, 2.24) is 9.88 Å². The fraction of sp³-hybridized carbons (Fsp3) is 0.357. The van der Waals surface area contributed by atoms with E-state index < -0.39 is 16.1 Å². The molecule has 0 amide bonds. The molecule has 1 aromatic heterocycles. The highest BCUT2D eigenvalue weighted by molar-refractivity contribution is 7.89. The third-order valence-electron chi connectivity index (χ3n) is 3.18. The first-order valence-corrected chi connectivity index (χ1v) is 8.08. The number of nitrogens with zero attached hydrogens (tertiary/aromatic N) is 1. The Balaban J connectivity index is 2.11. The number of aromatic nitrogens is 1. The largest absolute Gasteiger partial charge is 0.497 e. The van der Waals surface area contributed by atoms with Gasteiger partial charge in [-0.3, -0.25) is 0 Å². The fourth-order valence-corrected chi connectivity index (χ4v) is 3.45. The number of sulfonamides is 1. The molecule has 0 saturated carbocycles. The van der Waals surface area contributed by atoms with E-state index in [1.807, 2.05) is 0 Å². The molecule has 1 heterocycles. The predicted molar refractivity (Wildman–Crippen MR) is 79.1 cm³/mol. The maximum absolute atomic E-state index is 12.2. The second-order valence-electron chi connectivity index (χ2n) is 4.80. The highest BCUT2D eigenvalue weighted by Gasteiger charge is 2.24. The third kappa shape index (κ3) is 3.46. The molecular formula is C14H18N2O5S. The van der Waals surface area contributed by atoms with E-state index in [0.29, 0.717) is 11.3 Å². The summed E-state index contributed by atoms with van der Waals surface area (Å²) in [6.45, 7) is 2.90. The van der Waals surface area contributed by atoms with Gasteiger partial charge in [0, 0.05) is 6.54 Å². The van der Waals surface area contributed by atoms with Crippen LogP contribution in [0.2, 0.25) is 0 Å². The van der Waals surface area contributed by atoms with Crippen LogP contribution < -0.4 is 9.46 Å². The lowest BCUT2D eigenvalue weighted by molar-refractivity contribution is 0.181. The minimum atomic E-state index is -3.79. The molecule has 0 radical (unpaired) electrons. The number of hydrogen-bond donors (Lipinski definition) is 2. The normalized spacial score (nSPS) is 13.1. The lowest BCUT2D eigenvalue weighted by Gasteiger charge is -2.13. The van der Waals surface area contributed by atoms with Crippen LogP contribution in [0.1, 0.15) is 23.1 Å². The van der Waals surface area contributed by atoms with Crippen molar-refractivity contribution in [2.45, 2.75) is 24.8 Å². The van der Waals surface area contributed by atoms with Gasteiger partial charge in [0.25, 0.3) is 0 Å². The van der Waals surface area contributed by atoms with Crippen molar-refractivity contribution in [2.24, 2.45) is 0 Å². The number of rotatable bonds is 6. The molecule has 0 aliphatic rings. The van der Waals surface area contributed by atoms with E-state index in [9.17, 15) is 13.5 Å². The number of aryl methyl sites for hydroxylation is 2. The van der Waals surface area contributed by atoms with E-state index in [0.717, 1.165) is 0 Å². The Kier molecular flexibility index (Phi) is 4.84. The van der Waals surface area contributed by atoms with E-state index in [2.05, 4.69) is 9.88 Å². The van der Waals surface area contributed by atoms with Crippen molar-refractivity contribution in [1.29, 1.82) is 0 Å². The van der Waals surface area contributed by atoms with Crippen LogP contribution in [0.4, 0.5) is 0 Å². The minimum absolute atomic E-state index is 0.00495. The first kappa shape index (κ1) is 16.5. The average Bonchev–Trinajstić information content (AvgIpc) is 2.84. The maximum atomic E-state index is 12.2. The van der Waals surface area contributed by atoms with E-state index in [4.69, 9.17) is 9.26 Å². The average molecular weight is 326 g/mol. The van der Waals surface area contributed by atoms with Gasteiger partial charge in [0.1, 0.15) is 16.3 Å². The molecule has 0 spiro atoms. The van der Waals surface area contributed by atoms with E-state index in [1.165, 1.54) is 14.0 Å². The summed E-state index contributed by atoms with van der Waals surface area (Å²) in [5, 5.41) is 13.7. The molecule has 0 aliphatic heterocycles. The fourth-order valence-electron chi connectivity index (χ4n) is 2.09. The van der Waals surface area contributed by atoms with Crippen molar-refractivity contribution in [3.63, 3.8) is 0 Å². The number of aliphatic hydroxyl groups excluding tert-OH is 1. The summed E-state index contributed by atoms with van der Waals surface area (Å²) in [5.41, 5.74) is 0.835. The third-order valence-corrected chi connectivity index (χ3v) is 4.85. The molecule has 22 heavy (non-hydrogen) atoms. The van der Waals surface area contributed by atoms with Crippen LogP contribution >= 0.6 is 0 Å². The second kappa shape index (κ2) is 6.47. The lowest BCUT2D eigenvalue weighted by Crippen LogP contribution is -2.29. The summed E-state index contributed by atoms with van der Waals surface area (Å²) in [7, 11) is -2.28. The molecule has 0 aliphatic carbocycles. The predicted octanol–water partition coefficient (Wildman–Crippen LogP) is 1.31. The summed E-state index contributed by atoms with van der Waals surface area (Å²) in [5.74, 6) is 0.797. The number of methoxy groups -OCH3 is 1. The Morgan fingerprint density at radius 2 is 2.14 bits per heavy atom. The van der Waals surface area contributed by atoms with Crippen LogP contribution in [-0.2, 0) is 10.0 Å². The van der Waals surface area contributed by atoms with Gasteiger partial charge < -0.3 is 14.4 Å². The molecule has 120 valence electrons. The number of nitrogens with one attached hydrogen (secondary N) is 1. The molecule has 2 N–H and O–H groups in total. The monoisotopic (exact) mass is 326 g/mol. The summed E-state index contributed by atoms with van der Waals surface area (Å²) in [6, 6.07) is 6.80. The zero-order valence-corrected chi connectivity index (χ0v) is 13.3. The second-order valence-corrected chi connectivity index (χ2v) is 6.50. The maximum Gasteiger partial charge on any atom is 0.246 e. The van der Waals surface area contributed by atoms with Crippen molar-refractivity contribution in [3.05, 3.63) is 41.3 Å². The highest BCUT2D eigenvalue weighted by atomic mass is 32.2. The zero-order valence-electron chi connectivity index (χ0n) is 12.5. The topological polar surface area (TPSA) is 102 Å². The molecule has 1 aromatic carbocycles. The molecule has 7 nitrogen and oxygen atoms in total. The molecular weight excluding hydrogens is 308 g/mol. The van der Waals surface area contributed by atoms with Crippen molar-refractivity contribution in [2.75, 3.05) is 13.7 Å². The summed E-state index contributed by atoms with van der Waals surface area (Å²) < 4.78 is 36.8. The Morgan fingerprint density at radius 3 is 2.73 bits per heavy atom. The van der Waals surface area contributed by atoms with Gasteiger partial charge in [-0.15, -0.1) is 0 Å². The van der Waals surface area contributed by atoms with Crippen LogP contribution in [0.25, 0.3) is 0 Å². The number of hydrogen-bond acceptors (Lipinski definition) is 6. The lowest BCUT2D eigenvalue weighted by atomic mass is 10.1. The van der Waals surface area contributed by atoms with Gasteiger partial charge in [0.2, 0.25) is 10.0 Å². The van der Waals surface area contributed by atoms with Gasteiger partial charge in [-0.25, -0.2) is 13.1 Å². The molecule has 2 rings (SSSR count). The van der Waals surface area contributed by atoms with Gasteiger partial charge in [0.05, 0.1) is 13.2 Å². The van der Waals surface area contributed by atoms with E-state index in [1.54, 1.807) is 31.2 Å². The number of aliphatic hydroxyl groups is 1. The minimum Gasteiger partial charge on any atom is -0.497 e. The standard InChI is InChI=1S/C14H18N2O5S/c1-9-14(10(2)21-16-9)22(18,19)15-8-13(17)11-5-4-6-12(7-11)20-3/h4-7,13,15,17H,8H2,1-3H3. The van der Waals surface area contributed by atoms with Crippen LogP contribution in [0.3, 0.4) is 0 Å². The summed E-state index contributed by atoms with van der Waals surface area (Å²) in [6.07, 6.45) is -0.995. The smallest absolute Gasteiger partial charge is 0.246 e. The summed E-state index contributed by atoms with van der Waals surface area (Å²) >= 11 is 0. The quantitative estimate of drug-likeness (QED) is 0.830. The van der Waals surface area contributed by atoms with Gasteiger partial charge in [-0.1, -0.05) is 17.3 Å². The van der Waals surface area contributed by atoms with Crippen molar-refractivity contribution >= 4 is 10.0 Å². The first-order valence-electron chi connectivity index (χ1n) is 6.59. The van der Waals surface area contributed by atoms with Crippen LogP contribution in [0.5, 0.6) is 5.75 Å². The Labute approximate surface area is 128 Å². The molecule has 1 unspecified atom stereocenters. The van der Waals surface area contributed by atoms with Crippen LogP contribution in [-0.4, -0.2) is 32.3 Å². The molecule has 2 aromatic rings. The zero-order chi connectivity index (χ0) is 16.3. The Bertz CT molecular complexity index is 735. The molecule has 8 heteroatoms. The van der Waals surface area contributed by atoms with Gasteiger partial charge in [-0.05, 0) is 31.5 Å². The number of ether oxygens (including phenoxy) is 1. The van der Waals surface area contributed by atoms with E-state index >= 15 is 0 Å². The molecule has 0 bridgehead atoms. The Hall–Kier alpha value is -1.90. The molecule has 0 saturated heterocycles. The SMILES string of the molecule is COc1cccc(C(O)CNS(=O)(=O)c2c(C)noc2C)c1. The van der Waals surface area contributed by atoms with Crippen LogP contribution in [0, 0.1) is 13.8 Å². The van der Waals surface area contributed by atoms with Gasteiger partial charge in [-0.2, -0.15) is 0 Å². The van der Waals surface area contributed by atoms with Crippen LogP contribution in [0.15, 0.2) is 33.7 Å². The number of benzene rings is 1. The molecule has 0 fully saturated rings. The van der Waals surface area contributed by atoms with E-state index in [-0.39, 0.29) is 22.9 Å². The Morgan fingerprint density at radius 1 is 1.41 bits per heavy atom. The summed E-state index contributed by atoms with van der Waals surface area (Å²) in [4.78, 5) is 0.00495. The first-order chi connectivity index (χ1) is 10.3. The molecule has 1 atom stereocenters. The van der Waals surface area contributed by atoms with Gasteiger partial charge >= 0.3 is 0 Å². The van der Waals surface area contributed by atoms with Crippen molar-refractivity contribution in [3.8, 4) is 5.75 Å². The van der Waals surface area contributed by atoms with Gasteiger partial charge in [0.15, 0.2) is 5.76 Å². The van der Waals surface area contributed by atoms with Crippen molar-refractivity contribution < 1.29 is 22.8 Å².